The molecule has 74 valence electrons. The van der Waals surface area contributed by atoms with Crippen LogP contribution in [0.2, 0.25) is 0 Å². The molecule has 2 saturated heterocycles. The van der Waals surface area contributed by atoms with E-state index in [2.05, 4.69) is 13.8 Å². The Labute approximate surface area is 79.0 Å². The largest absolute Gasteiger partial charge is 0.368 e. The molecule has 2 aliphatic heterocycles. The van der Waals surface area contributed by atoms with E-state index in [4.69, 9.17) is 4.74 Å². The van der Waals surface area contributed by atoms with E-state index in [0.717, 1.165) is 26.0 Å². The van der Waals surface area contributed by atoms with Gasteiger partial charge >= 0.3 is 0 Å². The molecule has 2 atom stereocenters. The first-order chi connectivity index (χ1) is 6.20. The second-order valence-corrected chi connectivity index (χ2v) is 4.28. The number of rotatable bonds is 2. The minimum absolute atomic E-state index is 0.110. The van der Waals surface area contributed by atoms with Crippen molar-refractivity contribution < 1.29 is 9.53 Å². The number of hydrogen-bond acceptors (Lipinski definition) is 2. The van der Waals surface area contributed by atoms with Crippen molar-refractivity contribution in [3.63, 3.8) is 0 Å². The van der Waals surface area contributed by atoms with Crippen LogP contribution in [0.1, 0.15) is 26.7 Å². The Morgan fingerprint density at radius 2 is 2.15 bits per heavy atom. The molecule has 2 fully saturated rings. The molecule has 0 radical (unpaired) electrons. The summed E-state index contributed by atoms with van der Waals surface area (Å²) in [6.07, 6.45) is 1.97. The first-order valence-electron chi connectivity index (χ1n) is 5.12. The molecule has 2 heterocycles. The predicted molar refractivity (Wildman–Crippen MR) is 49.3 cm³/mol. The van der Waals surface area contributed by atoms with E-state index >= 15 is 0 Å². The molecule has 3 nitrogen and oxygen atoms in total. The fourth-order valence-electron chi connectivity index (χ4n) is 1.99. The van der Waals surface area contributed by atoms with Gasteiger partial charge in [-0.2, -0.15) is 0 Å². The summed E-state index contributed by atoms with van der Waals surface area (Å²) >= 11 is 0. The highest BCUT2D eigenvalue weighted by Gasteiger charge is 2.39. The van der Waals surface area contributed by atoms with Crippen LogP contribution in [0.25, 0.3) is 0 Å². The number of nitrogens with zero attached hydrogens (tertiary/aromatic N) is 1. The second-order valence-electron chi connectivity index (χ2n) is 4.28. The van der Waals surface area contributed by atoms with Crippen LogP contribution in [0.5, 0.6) is 0 Å². The summed E-state index contributed by atoms with van der Waals surface area (Å²) in [5.74, 6) is 0.800. The van der Waals surface area contributed by atoms with Gasteiger partial charge in [0.05, 0.1) is 6.61 Å². The van der Waals surface area contributed by atoms with Crippen LogP contribution in [0.4, 0.5) is 0 Å². The van der Waals surface area contributed by atoms with Crippen LogP contribution < -0.4 is 0 Å². The summed E-state index contributed by atoms with van der Waals surface area (Å²) in [4.78, 5) is 13.7. The lowest BCUT2D eigenvalue weighted by Crippen LogP contribution is -2.58. The number of likely N-dealkylation sites (tertiary alicyclic amines) is 1. The molecule has 2 rings (SSSR count). The van der Waals surface area contributed by atoms with E-state index in [9.17, 15) is 4.79 Å². The van der Waals surface area contributed by atoms with Crippen molar-refractivity contribution in [3.05, 3.63) is 0 Å². The van der Waals surface area contributed by atoms with Crippen molar-refractivity contribution in [2.75, 3.05) is 13.2 Å². The van der Waals surface area contributed by atoms with Gasteiger partial charge in [-0.1, -0.05) is 13.8 Å². The van der Waals surface area contributed by atoms with Crippen LogP contribution in [-0.2, 0) is 9.53 Å². The summed E-state index contributed by atoms with van der Waals surface area (Å²) in [5, 5.41) is 0. The molecule has 3 heteroatoms. The maximum Gasteiger partial charge on any atom is 0.252 e. The zero-order valence-electron chi connectivity index (χ0n) is 8.32. The Kier molecular flexibility index (Phi) is 2.28. The molecule has 13 heavy (non-hydrogen) atoms. The van der Waals surface area contributed by atoms with Crippen molar-refractivity contribution in [1.29, 1.82) is 0 Å². The smallest absolute Gasteiger partial charge is 0.252 e. The normalized spacial score (nSPS) is 32.7. The fraction of sp³-hybridized carbons (Fsp3) is 0.900. The molecular weight excluding hydrogens is 166 g/mol. The lowest BCUT2D eigenvalue weighted by atomic mass is 9.91. The van der Waals surface area contributed by atoms with Crippen molar-refractivity contribution in [3.8, 4) is 0 Å². The molecule has 0 spiro atoms. The van der Waals surface area contributed by atoms with Crippen molar-refractivity contribution in [2.45, 2.75) is 38.8 Å². The van der Waals surface area contributed by atoms with E-state index in [1.54, 1.807) is 0 Å². The standard InChI is InChI=1S/C10H17NO2/c1-7(2)8-3-5-11(8)10(12)9-4-6-13-9/h7-9H,3-6H2,1-2H3. The van der Waals surface area contributed by atoms with Gasteiger partial charge in [-0.3, -0.25) is 4.79 Å². The van der Waals surface area contributed by atoms with E-state index in [-0.39, 0.29) is 12.0 Å². The van der Waals surface area contributed by atoms with Crippen molar-refractivity contribution >= 4 is 5.91 Å². The van der Waals surface area contributed by atoms with Crippen LogP contribution in [-0.4, -0.2) is 36.1 Å². The molecule has 0 bridgehead atoms. The number of carbonyl (C=O) groups excluding carboxylic acids is 1. The molecule has 2 unspecified atom stereocenters. The number of hydrogen-bond donors (Lipinski definition) is 0. The third-order valence-electron chi connectivity index (χ3n) is 3.09. The topological polar surface area (TPSA) is 29.5 Å². The number of carbonyl (C=O) groups is 1. The molecule has 2 aliphatic rings. The first-order valence-corrected chi connectivity index (χ1v) is 5.12. The highest BCUT2D eigenvalue weighted by Crippen LogP contribution is 2.27. The Hall–Kier alpha value is -0.570. The summed E-state index contributed by atoms with van der Waals surface area (Å²) in [6.45, 7) is 6.04. The number of ether oxygens (including phenoxy) is 1. The average molecular weight is 183 g/mol. The minimum Gasteiger partial charge on any atom is -0.368 e. The van der Waals surface area contributed by atoms with Gasteiger partial charge in [0, 0.05) is 19.0 Å². The highest BCUT2D eigenvalue weighted by atomic mass is 16.5. The van der Waals surface area contributed by atoms with Gasteiger partial charge in [0.2, 0.25) is 0 Å². The van der Waals surface area contributed by atoms with Gasteiger partial charge in [0.15, 0.2) is 0 Å². The minimum atomic E-state index is -0.110. The third kappa shape index (κ3) is 1.46. The van der Waals surface area contributed by atoms with Crippen molar-refractivity contribution in [1.82, 2.24) is 4.90 Å². The Balaban J connectivity index is 1.89. The van der Waals surface area contributed by atoms with Crippen LogP contribution in [0.15, 0.2) is 0 Å². The molecular formula is C10H17NO2. The molecule has 0 N–H and O–H groups in total. The maximum absolute atomic E-state index is 11.7. The Morgan fingerprint density at radius 1 is 1.46 bits per heavy atom. The SMILES string of the molecule is CC(C)C1CCN1C(=O)C1CCO1. The zero-order chi connectivity index (χ0) is 9.42. The van der Waals surface area contributed by atoms with E-state index < -0.39 is 0 Å². The van der Waals surface area contributed by atoms with Crippen molar-refractivity contribution in [2.24, 2.45) is 5.92 Å². The summed E-state index contributed by atoms with van der Waals surface area (Å²) in [7, 11) is 0. The molecule has 0 aromatic rings. The molecule has 0 aliphatic carbocycles. The highest BCUT2D eigenvalue weighted by molar-refractivity contribution is 5.82. The maximum atomic E-state index is 11.7. The summed E-state index contributed by atoms with van der Waals surface area (Å²) in [6, 6.07) is 0.469. The molecule has 1 amide bonds. The van der Waals surface area contributed by atoms with Crippen LogP contribution in [0.3, 0.4) is 0 Å². The predicted octanol–water partition coefficient (Wildman–Crippen LogP) is 1.03. The van der Waals surface area contributed by atoms with E-state index in [1.807, 2.05) is 4.90 Å². The lowest BCUT2D eigenvalue weighted by Gasteiger charge is -2.46. The molecule has 0 saturated carbocycles. The van der Waals surface area contributed by atoms with Gasteiger partial charge in [-0.25, -0.2) is 0 Å². The van der Waals surface area contributed by atoms with Gasteiger partial charge in [-0.05, 0) is 12.3 Å². The van der Waals surface area contributed by atoms with E-state index in [1.165, 1.54) is 0 Å². The summed E-state index contributed by atoms with van der Waals surface area (Å²) < 4.78 is 5.19. The van der Waals surface area contributed by atoms with Gasteiger partial charge in [0.25, 0.3) is 5.91 Å². The molecule has 0 aromatic carbocycles. The second kappa shape index (κ2) is 3.29. The Morgan fingerprint density at radius 3 is 2.46 bits per heavy atom. The molecule has 0 aromatic heterocycles. The monoisotopic (exact) mass is 183 g/mol. The fourth-order valence-corrected chi connectivity index (χ4v) is 1.99. The van der Waals surface area contributed by atoms with Gasteiger partial charge < -0.3 is 9.64 Å². The van der Waals surface area contributed by atoms with Crippen LogP contribution >= 0.6 is 0 Å². The Bertz CT molecular complexity index is 211. The third-order valence-corrected chi connectivity index (χ3v) is 3.09. The van der Waals surface area contributed by atoms with Gasteiger partial charge in [0.1, 0.15) is 6.10 Å². The zero-order valence-corrected chi connectivity index (χ0v) is 8.32. The first kappa shape index (κ1) is 9.00. The van der Waals surface area contributed by atoms with Gasteiger partial charge in [-0.15, -0.1) is 0 Å². The number of amides is 1. The van der Waals surface area contributed by atoms with Crippen LogP contribution in [0, 0.1) is 5.92 Å². The van der Waals surface area contributed by atoms with E-state index in [0.29, 0.717) is 12.0 Å². The average Bonchev–Trinajstić information content (AvgIpc) is 1.76. The quantitative estimate of drug-likeness (QED) is 0.640. The summed E-state index contributed by atoms with van der Waals surface area (Å²) in [5.41, 5.74) is 0. The lowest BCUT2D eigenvalue weighted by molar-refractivity contribution is -0.165.